The van der Waals surface area contributed by atoms with E-state index in [1.54, 1.807) is 0 Å². The smallest absolute Gasteiger partial charge is 0.308 e. The highest BCUT2D eigenvalue weighted by molar-refractivity contribution is 5.71. The lowest BCUT2D eigenvalue weighted by Crippen LogP contribution is -2.14. The standard InChI is InChI=1S/C10H18O2/c1-4-6-7-8-9(3)10(11)12-5-2/h4,6,9H,5,7-8H2,1-3H3/b6-4-. The third kappa shape index (κ3) is 4.94. The van der Waals surface area contributed by atoms with Gasteiger partial charge in [-0.2, -0.15) is 0 Å². The molecular formula is C10H18O2. The van der Waals surface area contributed by atoms with Crippen LogP contribution in [0.1, 0.15) is 33.6 Å². The summed E-state index contributed by atoms with van der Waals surface area (Å²) in [5, 5.41) is 0. The molecule has 0 heterocycles. The highest BCUT2D eigenvalue weighted by Gasteiger charge is 2.11. The normalized spacial score (nSPS) is 13.2. The molecule has 2 nitrogen and oxygen atoms in total. The van der Waals surface area contributed by atoms with E-state index in [1.165, 1.54) is 0 Å². The summed E-state index contributed by atoms with van der Waals surface area (Å²) in [4.78, 5) is 11.1. The van der Waals surface area contributed by atoms with E-state index in [0.29, 0.717) is 6.61 Å². The number of carbonyl (C=O) groups excluding carboxylic acids is 1. The second kappa shape index (κ2) is 6.89. The third-order valence-corrected chi connectivity index (χ3v) is 1.69. The molecule has 0 aliphatic carbocycles. The zero-order chi connectivity index (χ0) is 9.40. The first-order valence-corrected chi connectivity index (χ1v) is 4.50. The lowest BCUT2D eigenvalue weighted by molar-refractivity contribution is -0.147. The van der Waals surface area contributed by atoms with Gasteiger partial charge in [0.15, 0.2) is 0 Å². The van der Waals surface area contributed by atoms with Crippen LogP contribution in [0.4, 0.5) is 0 Å². The fourth-order valence-electron chi connectivity index (χ4n) is 0.915. The Kier molecular flexibility index (Phi) is 6.44. The topological polar surface area (TPSA) is 26.3 Å². The van der Waals surface area contributed by atoms with Crippen LogP contribution in [0.3, 0.4) is 0 Å². The summed E-state index contributed by atoms with van der Waals surface area (Å²) in [6, 6.07) is 0. The first-order valence-electron chi connectivity index (χ1n) is 4.50. The van der Waals surface area contributed by atoms with Crippen molar-refractivity contribution in [2.45, 2.75) is 33.6 Å². The fraction of sp³-hybridized carbons (Fsp3) is 0.700. The number of ether oxygens (including phenoxy) is 1. The molecule has 0 aliphatic heterocycles. The Bertz CT molecular complexity index is 150. The highest BCUT2D eigenvalue weighted by atomic mass is 16.5. The molecule has 0 aromatic heterocycles. The van der Waals surface area contributed by atoms with E-state index in [4.69, 9.17) is 4.74 Å². The molecule has 0 amide bonds. The molecule has 0 saturated heterocycles. The number of hydrogen-bond acceptors (Lipinski definition) is 2. The third-order valence-electron chi connectivity index (χ3n) is 1.69. The number of carbonyl (C=O) groups is 1. The zero-order valence-electron chi connectivity index (χ0n) is 8.17. The van der Waals surface area contributed by atoms with Crippen LogP contribution in [-0.4, -0.2) is 12.6 Å². The Morgan fingerprint density at radius 3 is 2.75 bits per heavy atom. The molecule has 0 radical (unpaired) electrons. The second-order valence-corrected chi connectivity index (χ2v) is 2.80. The van der Waals surface area contributed by atoms with E-state index < -0.39 is 0 Å². The minimum atomic E-state index is -0.0815. The van der Waals surface area contributed by atoms with Gasteiger partial charge >= 0.3 is 5.97 Å². The predicted octanol–water partition coefficient (Wildman–Crippen LogP) is 2.54. The molecule has 0 saturated carbocycles. The van der Waals surface area contributed by atoms with E-state index >= 15 is 0 Å². The van der Waals surface area contributed by atoms with E-state index in [1.807, 2.05) is 26.8 Å². The van der Waals surface area contributed by atoms with Crippen LogP contribution in [-0.2, 0) is 9.53 Å². The van der Waals surface area contributed by atoms with Crippen LogP contribution in [0.25, 0.3) is 0 Å². The molecule has 0 aromatic carbocycles. The Hall–Kier alpha value is -0.790. The minimum absolute atomic E-state index is 0.0288. The van der Waals surface area contributed by atoms with Crippen molar-refractivity contribution in [3.05, 3.63) is 12.2 Å². The van der Waals surface area contributed by atoms with Crippen molar-refractivity contribution < 1.29 is 9.53 Å². The van der Waals surface area contributed by atoms with Crippen molar-refractivity contribution in [3.8, 4) is 0 Å². The lowest BCUT2D eigenvalue weighted by Gasteiger charge is -2.07. The van der Waals surface area contributed by atoms with Crippen molar-refractivity contribution >= 4 is 5.97 Å². The largest absolute Gasteiger partial charge is 0.466 e. The molecule has 2 heteroatoms. The fourth-order valence-corrected chi connectivity index (χ4v) is 0.915. The molecule has 0 spiro atoms. The Morgan fingerprint density at radius 1 is 1.58 bits per heavy atom. The van der Waals surface area contributed by atoms with Gasteiger partial charge < -0.3 is 4.74 Å². The monoisotopic (exact) mass is 170 g/mol. The van der Waals surface area contributed by atoms with E-state index in [9.17, 15) is 4.79 Å². The average Bonchev–Trinajstić information content (AvgIpc) is 2.05. The molecule has 0 aromatic rings. The average molecular weight is 170 g/mol. The number of esters is 1. The maximum Gasteiger partial charge on any atom is 0.308 e. The maximum absolute atomic E-state index is 11.1. The quantitative estimate of drug-likeness (QED) is 0.468. The maximum atomic E-state index is 11.1. The van der Waals surface area contributed by atoms with Gasteiger partial charge in [-0.15, -0.1) is 0 Å². The summed E-state index contributed by atoms with van der Waals surface area (Å²) in [5.74, 6) is -0.0526. The molecule has 0 aliphatic rings. The molecule has 1 atom stereocenters. The molecule has 70 valence electrons. The van der Waals surface area contributed by atoms with Crippen molar-refractivity contribution in [1.82, 2.24) is 0 Å². The van der Waals surface area contributed by atoms with Gasteiger partial charge in [-0.1, -0.05) is 19.1 Å². The Balaban J connectivity index is 3.56. The Labute approximate surface area is 74.6 Å². The van der Waals surface area contributed by atoms with E-state index in [-0.39, 0.29) is 11.9 Å². The molecule has 1 unspecified atom stereocenters. The summed E-state index contributed by atoms with van der Waals surface area (Å²) in [6.07, 6.45) is 5.90. The summed E-state index contributed by atoms with van der Waals surface area (Å²) in [5.41, 5.74) is 0. The van der Waals surface area contributed by atoms with Crippen LogP contribution in [0.5, 0.6) is 0 Å². The van der Waals surface area contributed by atoms with Crippen molar-refractivity contribution in [1.29, 1.82) is 0 Å². The van der Waals surface area contributed by atoms with Gasteiger partial charge in [0.25, 0.3) is 0 Å². The van der Waals surface area contributed by atoms with Crippen LogP contribution in [0.2, 0.25) is 0 Å². The van der Waals surface area contributed by atoms with Gasteiger partial charge in [0.2, 0.25) is 0 Å². The summed E-state index contributed by atoms with van der Waals surface area (Å²) >= 11 is 0. The number of allylic oxidation sites excluding steroid dienone is 2. The van der Waals surface area contributed by atoms with E-state index in [2.05, 4.69) is 6.08 Å². The Morgan fingerprint density at radius 2 is 2.25 bits per heavy atom. The van der Waals surface area contributed by atoms with E-state index in [0.717, 1.165) is 12.8 Å². The van der Waals surface area contributed by atoms with Crippen LogP contribution >= 0.6 is 0 Å². The molecule has 0 bridgehead atoms. The van der Waals surface area contributed by atoms with Crippen molar-refractivity contribution in [3.63, 3.8) is 0 Å². The van der Waals surface area contributed by atoms with Crippen LogP contribution in [0, 0.1) is 5.92 Å². The first-order chi connectivity index (χ1) is 5.72. The molecular weight excluding hydrogens is 152 g/mol. The van der Waals surface area contributed by atoms with Gasteiger partial charge in [-0.05, 0) is 26.7 Å². The second-order valence-electron chi connectivity index (χ2n) is 2.80. The summed E-state index contributed by atoms with van der Waals surface area (Å²) in [6.45, 7) is 6.19. The highest BCUT2D eigenvalue weighted by Crippen LogP contribution is 2.07. The van der Waals surface area contributed by atoms with Gasteiger partial charge in [0.05, 0.1) is 12.5 Å². The van der Waals surface area contributed by atoms with Crippen molar-refractivity contribution in [2.75, 3.05) is 6.61 Å². The SMILES string of the molecule is C/C=C\CCC(C)C(=O)OCC. The van der Waals surface area contributed by atoms with Crippen molar-refractivity contribution in [2.24, 2.45) is 5.92 Å². The predicted molar refractivity (Wildman–Crippen MR) is 49.8 cm³/mol. The summed E-state index contributed by atoms with van der Waals surface area (Å²) < 4.78 is 4.87. The van der Waals surface area contributed by atoms with Crippen LogP contribution < -0.4 is 0 Å². The molecule has 12 heavy (non-hydrogen) atoms. The molecule has 0 rings (SSSR count). The first kappa shape index (κ1) is 11.2. The lowest BCUT2D eigenvalue weighted by atomic mass is 10.1. The van der Waals surface area contributed by atoms with Crippen LogP contribution in [0.15, 0.2) is 12.2 Å². The van der Waals surface area contributed by atoms with Gasteiger partial charge in [0, 0.05) is 0 Å². The zero-order valence-corrected chi connectivity index (χ0v) is 8.17. The minimum Gasteiger partial charge on any atom is -0.466 e. The number of rotatable bonds is 5. The molecule has 0 fully saturated rings. The van der Waals surface area contributed by atoms with Gasteiger partial charge in [-0.3, -0.25) is 4.79 Å². The van der Waals surface area contributed by atoms with Gasteiger partial charge in [0.1, 0.15) is 0 Å². The van der Waals surface area contributed by atoms with Gasteiger partial charge in [-0.25, -0.2) is 0 Å². The number of hydrogen-bond donors (Lipinski definition) is 0. The summed E-state index contributed by atoms with van der Waals surface area (Å²) in [7, 11) is 0. The molecule has 0 N–H and O–H groups in total.